The Hall–Kier alpha value is -2.89. The molecule has 42 heavy (non-hydrogen) atoms. The van der Waals surface area contributed by atoms with Crippen LogP contribution in [-0.4, -0.2) is 98.9 Å². The molecule has 11 heteroatoms. The van der Waals surface area contributed by atoms with Gasteiger partial charge in [0.15, 0.2) is 0 Å². The van der Waals surface area contributed by atoms with E-state index < -0.39 is 22.8 Å². The van der Waals surface area contributed by atoms with E-state index in [2.05, 4.69) is 16.0 Å². The van der Waals surface area contributed by atoms with E-state index >= 15 is 0 Å². The van der Waals surface area contributed by atoms with Gasteiger partial charge in [-0.15, -0.1) is 0 Å². The Bertz CT molecular complexity index is 985. The lowest BCUT2D eigenvalue weighted by atomic mass is 9.88. The second-order valence-corrected chi connectivity index (χ2v) is 13.1. The zero-order valence-corrected chi connectivity index (χ0v) is 26.8. The van der Waals surface area contributed by atoms with Crippen molar-refractivity contribution >= 4 is 18.1 Å². The second-order valence-electron chi connectivity index (χ2n) is 13.1. The van der Waals surface area contributed by atoms with E-state index in [0.29, 0.717) is 44.7 Å². The number of hydrogen-bond acceptors (Lipinski definition) is 8. The fourth-order valence-electron chi connectivity index (χ4n) is 5.01. The van der Waals surface area contributed by atoms with Crippen LogP contribution in [0.15, 0.2) is 30.3 Å². The Labute approximate surface area is 251 Å². The molecule has 0 radical (unpaired) electrons. The van der Waals surface area contributed by atoms with Gasteiger partial charge in [-0.3, -0.25) is 4.79 Å². The van der Waals surface area contributed by atoms with Crippen molar-refractivity contribution in [3.63, 3.8) is 0 Å². The minimum absolute atomic E-state index is 0.0175. The molecule has 2 aliphatic rings. The second kappa shape index (κ2) is 15.5. The van der Waals surface area contributed by atoms with Crippen molar-refractivity contribution in [2.24, 2.45) is 0 Å². The third kappa shape index (κ3) is 12.1. The van der Waals surface area contributed by atoms with Crippen molar-refractivity contribution in [2.75, 3.05) is 53.6 Å². The highest BCUT2D eigenvalue weighted by molar-refractivity contribution is 5.94. The van der Waals surface area contributed by atoms with Gasteiger partial charge >= 0.3 is 12.2 Å². The summed E-state index contributed by atoms with van der Waals surface area (Å²) in [6, 6.07) is 9.24. The van der Waals surface area contributed by atoms with Crippen molar-refractivity contribution in [3.05, 3.63) is 35.9 Å². The number of methoxy groups -OCH3 is 2. The number of piperidine rings is 2. The lowest BCUT2D eigenvalue weighted by Crippen LogP contribution is -2.59. The maximum absolute atomic E-state index is 12.6. The van der Waals surface area contributed by atoms with Gasteiger partial charge in [-0.05, 0) is 92.4 Å². The minimum atomic E-state index is -0.553. The monoisotopic (exact) mass is 592 g/mol. The van der Waals surface area contributed by atoms with Gasteiger partial charge in [0.25, 0.3) is 5.91 Å². The van der Waals surface area contributed by atoms with E-state index in [-0.39, 0.29) is 17.5 Å². The summed E-state index contributed by atoms with van der Waals surface area (Å²) in [5.74, 6) is 0.0175. The highest BCUT2D eigenvalue weighted by atomic mass is 16.6. The quantitative estimate of drug-likeness (QED) is 0.432. The van der Waals surface area contributed by atoms with E-state index in [1.165, 1.54) is 0 Å². The van der Waals surface area contributed by atoms with Gasteiger partial charge in [-0.2, -0.15) is 0 Å². The van der Waals surface area contributed by atoms with Crippen LogP contribution in [0.5, 0.6) is 0 Å². The van der Waals surface area contributed by atoms with Crippen LogP contribution in [0.3, 0.4) is 0 Å². The SMILES string of the molecule is COCC1(NC(=O)OC(C)(C)C)CCN(C(=O)c2ccccc2)CC1.COCC1(NC(=O)OC(C)(C)C)CCNCC1. The summed E-state index contributed by atoms with van der Waals surface area (Å²) in [6.45, 7) is 14.9. The van der Waals surface area contributed by atoms with Crippen molar-refractivity contribution in [1.29, 1.82) is 0 Å². The molecule has 3 N–H and O–H groups in total. The third-order valence-corrected chi connectivity index (χ3v) is 6.96. The van der Waals surface area contributed by atoms with Crippen molar-refractivity contribution in [2.45, 2.75) is 89.5 Å². The van der Waals surface area contributed by atoms with Crippen LogP contribution in [0.1, 0.15) is 77.6 Å². The van der Waals surface area contributed by atoms with Crippen molar-refractivity contribution in [3.8, 4) is 0 Å². The van der Waals surface area contributed by atoms with Gasteiger partial charge in [0, 0.05) is 32.9 Å². The first-order valence-electron chi connectivity index (χ1n) is 14.7. The molecule has 0 saturated carbocycles. The van der Waals surface area contributed by atoms with Crippen LogP contribution in [0.4, 0.5) is 9.59 Å². The summed E-state index contributed by atoms with van der Waals surface area (Å²) < 4.78 is 21.2. The van der Waals surface area contributed by atoms with Gasteiger partial charge in [-0.25, -0.2) is 9.59 Å². The number of likely N-dealkylation sites (tertiary alicyclic amines) is 1. The largest absolute Gasteiger partial charge is 0.444 e. The highest BCUT2D eigenvalue weighted by Crippen LogP contribution is 2.25. The normalized spacial score (nSPS) is 18.1. The van der Waals surface area contributed by atoms with E-state index in [9.17, 15) is 14.4 Å². The lowest BCUT2D eigenvalue weighted by Gasteiger charge is -2.42. The maximum atomic E-state index is 12.6. The lowest BCUT2D eigenvalue weighted by molar-refractivity contribution is 0.0198. The third-order valence-electron chi connectivity index (χ3n) is 6.96. The first kappa shape index (κ1) is 35.3. The highest BCUT2D eigenvalue weighted by Gasteiger charge is 2.39. The number of carbonyl (C=O) groups is 3. The molecule has 2 aliphatic heterocycles. The van der Waals surface area contributed by atoms with Crippen LogP contribution < -0.4 is 16.0 Å². The average molecular weight is 593 g/mol. The van der Waals surface area contributed by atoms with Crippen molar-refractivity contribution < 1.29 is 33.3 Å². The number of ether oxygens (including phenoxy) is 4. The molecule has 0 bridgehead atoms. The number of nitrogens with one attached hydrogen (secondary N) is 3. The topological polar surface area (TPSA) is 127 Å². The molecular formula is C31H52N4O7. The first-order chi connectivity index (χ1) is 19.6. The minimum Gasteiger partial charge on any atom is -0.444 e. The molecule has 2 fully saturated rings. The van der Waals surface area contributed by atoms with Gasteiger partial charge in [0.1, 0.15) is 11.2 Å². The fourth-order valence-corrected chi connectivity index (χ4v) is 5.01. The Kier molecular flexibility index (Phi) is 13.1. The molecule has 0 aliphatic carbocycles. The molecule has 2 heterocycles. The van der Waals surface area contributed by atoms with Gasteiger partial charge in [-0.1, -0.05) is 18.2 Å². The molecule has 11 nitrogen and oxygen atoms in total. The predicted molar refractivity (Wildman–Crippen MR) is 162 cm³/mol. The molecule has 1 aromatic rings. The standard InChI is InChI=1S/C19H28N2O4.C12H24N2O3/c1-18(2,3)25-17(23)20-19(14-24-4)10-12-21(13-11-19)16(22)15-8-6-5-7-9-15;1-11(2,3)17-10(15)14-12(9-16-4)5-7-13-8-6-12/h5-9H,10-14H2,1-4H3,(H,20,23);13H,5-9H2,1-4H3,(H,14,15). The van der Waals surface area contributed by atoms with Gasteiger partial charge in [0.2, 0.25) is 0 Å². The fraction of sp³-hybridized carbons (Fsp3) is 0.710. The van der Waals surface area contributed by atoms with Crippen LogP contribution in [0.25, 0.3) is 0 Å². The first-order valence-corrected chi connectivity index (χ1v) is 14.7. The summed E-state index contributed by atoms with van der Waals surface area (Å²) in [4.78, 5) is 38.4. The molecule has 0 atom stereocenters. The van der Waals surface area contributed by atoms with E-state index in [0.717, 1.165) is 25.9 Å². The molecule has 3 rings (SSSR count). The van der Waals surface area contributed by atoms with E-state index in [1.807, 2.05) is 76.8 Å². The number of benzene rings is 1. The summed E-state index contributed by atoms with van der Waals surface area (Å²) in [5.41, 5.74) is -1.14. The van der Waals surface area contributed by atoms with Crippen molar-refractivity contribution in [1.82, 2.24) is 20.9 Å². The summed E-state index contributed by atoms with van der Waals surface area (Å²) >= 11 is 0. The number of carbonyl (C=O) groups excluding carboxylic acids is 3. The maximum Gasteiger partial charge on any atom is 0.408 e. The zero-order valence-electron chi connectivity index (χ0n) is 26.8. The molecule has 238 valence electrons. The number of alkyl carbamates (subject to hydrolysis) is 2. The zero-order chi connectivity index (χ0) is 31.4. The molecule has 1 aromatic carbocycles. The molecule has 0 aromatic heterocycles. The predicted octanol–water partition coefficient (Wildman–Crippen LogP) is 4.11. The van der Waals surface area contributed by atoms with Gasteiger partial charge in [0.05, 0.1) is 24.3 Å². The summed E-state index contributed by atoms with van der Waals surface area (Å²) in [5, 5.41) is 9.20. The van der Waals surface area contributed by atoms with Crippen LogP contribution in [0.2, 0.25) is 0 Å². The average Bonchev–Trinajstić information content (AvgIpc) is 2.88. The Morgan fingerprint density at radius 1 is 0.762 bits per heavy atom. The molecular weight excluding hydrogens is 540 g/mol. The number of hydrogen-bond donors (Lipinski definition) is 3. The molecule has 3 amide bonds. The smallest absolute Gasteiger partial charge is 0.408 e. The Balaban J connectivity index is 0.000000317. The van der Waals surface area contributed by atoms with Crippen LogP contribution in [-0.2, 0) is 18.9 Å². The summed E-state index contributed by atoms with van der Waals surface area (Å²) in [6.07, 6.45) is 2.15. The van der Waals surface area contributed by atoms with E-state index in [4.69, 9.17) is 18.9 Å². The van der Waals surface area contributed by atoms with Crippen LogP contribution in [0, 0.1) is 0 Å². The van der Waals surface area contributed by atoms with Crippen LogP contribution >= 0.6 is 0 Å². The Morgan fingerprint density at radius 2 is 1.19 bits per heavy atom. The number of rotatable bonds is 7. The van der Waals surface area contributed by atoms with Gasteiger partial charge < -0.3 is 39.8 Å². The number of nitrogens with zero attached hydrogens (tertiary/aromatic N) is 1. The molecule has 0 spiro atoms. The Morgan fingerprint density at radius 3 is 1.60 bits per heavy atom. The molecule has 0 unspecified atom stereocenters. The molecule has 2 saturated heterocycles. The summed E-state index contributed by atoms with van der Waals surface area (Å²) in [7, 11) is 3.26. The van der Waals surface area contributed by atoms with E-state index in [1.54, 1.807) is 14.2 Å². The number of amides is 3.